The zero-order valence-corrected chi connectivity index (χ0v) is 7.85. The standard InChI is InChI=1S/C9H18O2/c1-7(8(2)6-10)5-9(3)11-4/h9-10H,5-6H2,1-4H3/b8-7+. The number of methoxy groups -OCH3 is 1. The van der Waals surface area contributed by atoms with Crippen LogP contribution < -0.4 is 0 Å². The maximum Gasteiger partial charge on any atom is 0.0641 e. The summed E-state index contributed by atoms with van der Waals surface area (Å²) in [6.07, 6.45) is 1.15. The Labute approximate surface area is 68.9 Å². The first-order valence-corrected chi connectivity index (χ1v) is 3.90. The normalized spacial score (nSPS) is 16.1. The van der Waals surface area contributed by atoms with Gasteiger partial charge in [-0.1, -0.05) is 5.57 Å². The van der Waals surface area contributed by atoms with Crippen molar-refractivity contribution in [1.82, 2.24) is 0 Å². The third kappa shape index (κ3) is 4.17. The fraction of sp³-hybridized carbons (Fsp3) is 0.778. The highest BCUT2D eigenvalue weighted by molar-refractivity contribution is 5.10. The van der Waals surface area contributed by atoms with Gasteiger partial charge in [-0.15, -0.1) is 0 Å². The number of hydrogen-bond donors (Lipinski definition) is 1. The van der Waals surface area contributed by atoms with Crippen LogP contribution in [0.5, 0.6) is 0 Å². The molecule has 1 N–H and O–H groups in total. The largest absolute Gasteiger partial charge is 0.392 e. The molecule has 0 fully saturated rings. The summed E-state index contributed by atoms with van der Waals surface area (Å²) in [4.78, 5) is 0. The minimum absolute atomic E-state index is 0.155. The van der Waals surface area contributed by atoms with Crippen LogP contribution in [0, 0.1) is 0 Å². The molecule has 0 aliphatic rings. The molecule has 0 aliphatic carbocycles. The fourth-order valence-electron chi connectivity index (χ4n) is 0.824. The number of ether oxygens (including phenoxy) is 1. The van der Waals surface area contributed by atoms with Gasteiger partial charge in [-0.05, 0) is 32.8 Å². The van der Waals surface area contributed by atoms with E-state index < -0.39 is 0 Å². The molecule has 0 amide bonds. The molecule has 2 heteroatoms. The minimum atomic E-state index is 0.155. The zero-order valence-electron chi connectivity index (χ0n) is 7.85. The number of aliphatic hydroxyl groups excluding tert-OH is 1. The van der Waals surface area contributed by atoms with Crippen LogP contribution in [0.2, 0.25) is 0 Å². The second-order valence-electron chi connectivity index (χ2n) is 2.97. The monoisotopic (exact) mass is 158 g/mol. The van der Waals surface area contributed by atoms with E-state index in [0.29, 0.717) is 0 Å². The van der Waals surface area contributed by atoms with E-state index in [9.17, 15) is 0 Å². The maximum atomic E-state index is 8.79. The van der Waals surface area contributed by atoms with E-state index in [1.54, 1.807) is 7.11 Å². The van der Waals surface area contributed by atoms with E-state index in [4.69, 9.17) is 9.84 Å². The molecule has 2 nitrogen and oxygen atoms in total. The molecule has 11 heavy (non-hydrogen) atoms. The van der Waals surface area contributed by atoms with Gasteiger partial charge in [-0.2, -0.15) is 0 Å². The van der Waals surface area contributed by atoms with Gasteiger partial charge >= 0.3 is 0 Å². The lowest BCUT2D eigenvalue weighted by atomic mass is 10.1. The van der Waals surface area contributed by atoms with E-state index >= 15 is 0 Å². The summed E-state index contributed by atoms with van der Waals surface area (Å²) in [5, 5.41) is 8.79. The van der Waals surface area contributed by atoms with Gasteiger partial charge in [0.05, 0.1) is 12.7 Å². The van der Waals surface area contributed by atoms with E-state index in [-0.39, 0.29) is 12.7 Å². The lowest BCUT2D eigenvalue weighted by Crippen LogP contribution is -2.06. The average molecular weight is 158 g/mol. The van der Waals surface area contributed by atoms with Gasteiger partial charge in [0.25, 0.3) is 0 Å². The number of hydrogen-bond acceptors (Lipinski definition) is 2. The van der Waals surface area contributed by atoms with Crippen molar-refractivity contribution in [3.63, 3.8) is 0 Å². The molecule has 0 heterocycles. The van der Waals surface area contributed by atoms with Crippen LogP contribution in [0.1, 0.15) is 27.2 Å². The first kappa shape index (κ1) is 10.7. The van der Waals surface area contributed by atoms with Crippen molar-refractivity contribution in [2.45, 2.75) is 33.3 Å². The Kier molecular flexibility index (Phi) is 5.16. The first-order valence-electron chi connectivity index (χ1n) is 3.90. The first-order chi connectivity index (χ1) is 5.11. The molecule has 0 radical (unpaired) electrons. The molecule has 0 aromatic carbocycles. The Morgan fingerprint density at radius 3 is 2.27 bits per heavy atom. The van der Waals surface area contributed by atoms with Gasteiger partial charge in [-0.25, -0.2) is 0 Å². The van der Waals surface area contributed by atoms with E-state index in [1.807, 2.05) is 20.8 Å². The third-order valence-corrected chi connectivity index (χ3v) is 1.96. The van der Waals surface area contributed by atoms with Crippen LogP contribution in [0.15, 0.2) is 11.1 Å². The summed E-state index contributed by atoms with van der Waals surface area (Å²) < 4.78 is 5.10. The lowest BCUT2D eigenvalue weighted by Gasteiger charge is -2.11. The van der Waals surface area contributed by atoms with Gasteiger partial charge in [0, 0.05) is 7.11 Å². The minimum Gasteiger partial charge on any atom is -0.392 e. The second-order valence-corrected chi connectivity index (χ2v) is 2.97. The van der Waals surface area contributed by atoms with Crippen LogP contribution in [-0.4, -0.2) is 24.9 Å². The predicted octanol–water partition coefficient (Wildman–Crippen LogP) is 1.74. The van der Waals surface area contributed by atoms with Crippen LogP contribution >= 0.6 is 0 Å². The van der Waals surface area contributed by atoms with Crippen molar-refractivity contribution in [1.29, 1.82) is 0 Å². The van der Waals surface area contributed by atoms with Crippen molar-refractivity contribution in [2.24, 2.45) is 0 Å². The van der Waals surface area contributed by atoms with Crippen LogP contribution in [-0.2, 0) is 4.74 Å². The Bertz CT molecular complexity index is 138. The zero-order chi connectivity index (χ0) is 8.85. The molecule has 1 unspecified atom stereocenters. The van der Waals surface area contributed by atoms with Gasteiger partial charge < -0.3 is 9.84 Å². The van der Waals surface area contributed by atoms with Crippen molar-refractivity contribution < 1.29 is 9.84 Å². The SMILES string of the molecule is COC(C)C/C(C)=C(\C)CO. The predicted molar refractivity (Wildman–Crippen MR) is 46.5 cm³/mol. The highest BCUT2D eigenvalue weighted by atomic mass is 16.5. The molecule has 0 aliphatic heterocycles. The molecule has 1 atom stereocenters. The van der Waals surface area contributed by atoms with Crippen molar-refractivity contribution in [3.8, 4) is 0 Å². The number of aliphatic hydroxyl groups is 1. The van der Waals surface area contributed by atoms with E-state index in [0.717, 1.165) is 12.0 Å². The third-order valence-electron chi connectivity index (χ3n) is 1.96. The van der Waals surface area contributed by atoms with Crippen molar-refractivity contribution in [3.05, 3.63) is 11.1 Å². The van der Waals surface area contributed by atoms with E-state index in [2.05, 4.69) is 0 Å². The van der Waals surface area contributed by atoms with E-state index in [1.165, 1.54) is 5.57 Å². The van der Waals surface area contributed by atoms with Gasteiger partial charge in [0.2, 0.25) is 0 Å². The van der Waals surface area contributed by atoms with Gasteiger partial charge in [-0.3, -0.25) is 0 Å². The van der Waals surface area contributed by atoms with Crippen LogP contribution in [0.4, 0.5) is 0 Å². The summed E-state index contributed by atoms with van der Waals surface area (Å²) >= 11 is 0. The molecule has 0 spiro atoms. The summed E-state index contributed by atoms with van der Waals surface area (Å²) in [6, 6.07) is 0. The van der Waals surface area contributed by atoms with Crippen LogP contribution in [0.25, 0.3) is 0 Å². The Morgan fingerprint density at radius 2 is 1.91 bits per heavy atom. The average Bonchev–Trinajstić information content (AvgIpc) is 2.02. The Hall–Kier alpha value is -0.340. The van der Waals surface area contributed by atoms with Crippen molar-refractivity contribution >= 4 is 0 Å². The molecule has 0 aromatic rings. The van der Waals surface area contributed by atoms with Gasteiger partial charge in [0.15, 0.2) is 0 Å². The topological polar surface area (TPSA) is 29.5 Å². The summed E-state index contributed by atoms with van der Waals surface area (Å²) in [7, 11) is 1.70. The summed E-state index contributed by atoms with van der Waals surface area (Å²) in [5.74, 6) is 0. The molecule has 0 aromatic heterocycles. The molecule has 0 rings (SSSR count). The highest BCUT2D eigenvalue weighted by Crippen LogP contribution is 2.11. The Balaban J connectivity index is 3.94. The maximum absolute atomic E-state index is 8.79. The molecule has 66 valence electrons. The smallest absolute Gasteiger partial charge is 0.0641 e. The van der Waals surface area contributed by atoms with Crippen molar-refractivity contribution in [2.75, 3.05) is 13.7 Å². The molecular weight excluding hydrogens is 140 g/mol. The summed E-state index contributed by atoms with van der Waals surface area (Å²) in [5.41, 5.74) is 2.27. The summed E-state index contributed by atoms with van der Waals surface area (Å²) in [6.45, 7) is 6.15. The highest BCUT2D eigenvalue weighted by Gasteiger charge is 2.02. The van der Waals surface area contributed by atoms with Gasteiger partial charge in [0.1, 0.15) is 0 Å². The molecular formula is C9H18O2. The molecule has 0 saturated heterocycles. The number of rotatable bonds is 4. The molecule has 0 saturated carbocycles. The Morgan fingerprint density at radius 1 is 1.36 bits per heavy atom. The fourth-order valence-corrected chi connectivity index (χ4v) is 0.824. The second kappa shape index (κ2) is 5.33. The molecule has 0 bridgehead atoms. The van der Waals surface area contributed by atoms with Crippen LogP contribution in [0.3, 0.4) is 0 Å². The quantitative estimate of drug-likeness (QED) is 0.631. The lowest BCUT2D eigenvalue weighted by molar-refractivity contribution is 0.118.